The van der Waals surface area contributed by atoms with Gasteiger partial charge in [-0.1, -0.05) is 11.8 Å². The van der Waals surface area contributed by atoms with Gasteiger partial charge in [0.1, 0.15) is 5.69 Å². The van der Waals surface area contributed by atoms with Crippen molar-refractivity contribution in [3.05, 3.63) is 29.6 Å². The number of rotatable bonds is 2. The molecular formula is C10H9NO2S. The van der Waals surface area contributed by atoms with Gasteiger partial charge in [0, 0.05) is 23.9 Å². The van der Waals surface area contributed by atoms with Crippen LogP contribution < -0.4 is 0 Å². The van der Waals surface area contributed by atoms with Crippen LogP contribution in [-0.2, 0) is 0 Å². The van der Waals surface area contributed by atoms with Gasteiger partial charge in [0.25, 0.3) is 0 Å². The summed E-state index contributed by atoms with van der Waals surface area (Å²) in [6.07, 6.45) is 2.17. The molecule has 0 fully saturated rings. The van der Waals surface area contributed by atoms with E-state index < -0.39 is 5.97 Å². The number of hydrogen-bond acceptors (Lipinski definition) is 3. The number of pyridine rings is 1. The molecule has 0 unspecified atom stereocenters. The first-order chi connectivity index (χ1) is 6.74. The Labute approximate surface area is 87.6 Å². The highest BCUT2D eigenvalue weighted by Crippen LogP contribution is 1.98. The third-order valence-corrected chi connectivity index (χ3v) is 1.68. The zero-order valence-corrected chi connectivity index (χ0v) is 8.29. The molecule has 0 bridgehead atoms. The Morgan fingerprint density at radius 3 is 2.86 bits per heavy atom. The summed E-state index contributed by atoms with van der Waals surface area (Å²) in [5, 5.41) is 8.58. The van der Waals surface area contributed by atoms with E-state index in [9.17, 15) is 4.79 Å². The average molecular weight is 207 g/mol. The Morgan fingerprint density at radius 1 is 1.57 bits per heavy atom. The van der Waals surface area contributed by atoms with Crippen molar-refractivity contribution >= 4 is 18.6 Å². The van der Waals surface area contributed by atoms with E-state index >= 15 is 0 Å². The van der Waals surface area contributed by atoms with Gasteiger partial charge in [0.05, 0.1) is 0 Å². The van der Waals surface area contributed by atoms with Gasteiger partial charge in [-0.3, -0.25) is 0 Å². The van der Waals surface area contributed by atoms with E-state index in [0.29, 0.717) is 12.2 Å². The molecule has 0 spiro atoms. The van der Waals surface area contributed by atoms with Gasteiger partial charge in [0.15, 0.2) is 0 Å². The van der Waals surface area contributed by atoms with Gasteiger partial charge >= 0.3 is 5.97 Å². The number of aromatic nitrogens is 1. The summed E-state index contributed by atoms with van der Waals surface area (Å²) in [5.41, 5.74) is 0.751. The molecule has 3 nitrogen and oxygen atoms in total. The monoisotopic (exact) mass is 207 g/mol. The van der Waals surface area contributed by atoms with Gasteiger partial charge in [-0.25, -0.2) is 9.78 Å². The van der Waals surface area contributed by atoms with Crippen LogP contribution in [0.25, 0.3) is 0 Å². The van der Waals surface area contributed by atoms with Gasteiger partial charge in [-0.2, -0.15) is 12.6 Å². The van der Waals surface area contributed by atoms with E-state index in [0.717, 1.165) is 5.56 Å². The summed E-state index contributed by atoms with van der Waals surface area (Å²) in [4.78, 5) is 14.2. The third kappa shape index (κ3) is 3.11. The summed E-state index contributed by atoms with van der Waals surface area (Å²) in [5.74, 6) is 5.43. The fraction of sp³-hybridized carbons (Fsp3) is 0.200. The lowest BCUT2D eigenvalue weighted by Crippen LogP contribution is -1.99. The molecule has 14 heavy (non-hydrogen) atoms. The van der Waals surface area contributed by atoms with Crippen molar-refractivity contribution in [2.24, 2.45) is 0 Å². The smallest absolute Gasteiger partial charge is 0.354 e. The van der Waals surface area contributed by atoms with E-state index in [2.05, 4.69) is 29.5 Å². The molecule has 0 radical (unpaired) electrons. The van der Waals surface area contributed by atoms with Crippen LogP contribution in [0.3, 0.4) is 0 Å². The van der Waals surface area contributed by atoms with Crippen molar-refractivity contribution in [2.45, 2.75) is 6.42 Å². The molecule has 0 saturated carbocycles. The lowest BCUT2D eigenvalue weighted by molar-refractivity contribution is 0.0690. The highest BCUT2D eigenvalue weighted by atomic mass is 32.1. The topological polar surface area (TPSA) is 50.2 Å². The quantitative estimate of drug-likeness (QED) is 0.570. The number of carboxylic acids is 1. The number of hydrogen-bond donors (Lipinski definition) is 2. The highest BCUT2D eigenvalue weighted by Gasteiger charge is 2.01. The number of thiol groups is 1. The zero-order chi connectivity index (χ0) is 10.4. The summed E-state index contributed by atoms with van der Waals surface area (Å²) in [7, 11) is 0. The van der Waals surface area contributed by atoms with Gasteiger partial charge in [-0.05, 0) is 12.1 Å². The number of carbonyl (C=O) groups is 1. The lowest BCUT2D eigenvalue weighted by Gasteiger charge is -1.92. The SMILES string of the molecule is O=C(O)c1ccc(C#CCCS)cn1. The minimum Gasteiger partial charge on any atom is -0.477 e. The largest absolute Gasteiger partial charge is 0.477 e. The fourth-order valence-corrected chi connectivity index (χ4v) is 0.927. The van der Waals surface area contributed by atoms with Crippen LogP contribution in [0.5, 0.6) is 0 Å². The second-order valence-corrected chi connectivity index (χ2v) is 2.96. The van der Waals surface area contributed by atoms with Gasteiger partial charge in [-0.15, -0.1) is 0 Å². The Bertz CT molecular complexity index is 375. The van der Waals surface area contributed by atoms with E-state index in [-0.39, 0.29) is 5.69 Å². The maximum atomic E-state index is 10.5. The van der Waals surface area contributed by atoms with Crippen LogP contribution in [-0.4, -0.2) is 21.8 Å². The van der Waals surface area contributed by atoms with E-state index in [4.69, 9.17) is 5.11 Å². The first-order valence-electron chi connectivity index (χ1n) is 4.03. The highest BCUT2D eigenvalue weighted by molar-refractivity contribution is 7.80. The van der Waals surface area contributed by atoms with Gasteiger partial charge in [0.2, 0.25) is 0 Å². The minimum atomic E-state index is -1.03. The molecule has 0 amide bonds. The Kier molecular flexibility index (Phi) is 4.02. The summed E-state index contributed by atoms with van der Waals surface area (Å²) >= 11 is 4.01. The lowest BCUT2D eigenvalue weighted by atomic mass is 10.2. The molecule has 1 heterocycles. The molecule has 1 aromatic heterocycles. The normalized spacial score (nSPS) is 8.93. The third-order valence-electron chi connectivity index (χ3n) is 1.45. The number of carboxylic acid groups (broad SMARTS) is 1. The fourth-order valence-electron chi connectivity index (χ4n) is 0.815. The van der Waals surface area contributed by atoms with Crippen molar-refractivity contribution in [2.75, 3.05) is 5.75 Å². The molecule has 72 valence electrons. The molecule has 0 aromatic carbocycles. The Hall–Kier alpha value is -1.47. The Morgan fingerprint density at radius 2 is 2.36 bits per heavy atom. The molecule has 4 heteroatoms. The first kappa shape index (κ1) is 10.6. The standard InChI is InChI=1S/C10H9NO2S/c12-10(13)9-5-4-8(7-11-9)3-1-2-6-14/h4-5,7,14H,2,6H2,(H,12,13). The van der Waals surface area contributed by atoms with E-state index in [1.807, 2.05) is 0 Å². The first-order valence-corrected chi connectivity index (χ1v) is 4.66. The van der Waals surface area contributed by atoms with E-state index in [1.54, 1.807) is 6.07 Å². The second kappa shape index (κ2) is 5.30. The summed E-state index contributed by atoms with van der Waals surface area (Å²) in [6, 6.07) is 3.08. The predicted octanol–water partition coefficient (Wildman–Crippen LogP) is 1.45. The van der Waals surface area contributed by atoms with Crippen molar-refractivity contribution < 1.29 is 9.90 Å². The maximum Gasteiger partial charge on any atom is 0.354 e. The minimum absolute atomic E-state index is 0.0322. The van der Waals surface area contributed by atoms with Crippen LogP contribution in [0.4, 0.5) is 0 Å². The summed E-state index contributed by atoms with van der Waals surface area (Å²) < 4.78 is 0. The molecule has 0 atom stereocenters. The second-order valence-electron chi connectivity index (χ2n) is 2.51. The van der Waals surface area contributed by atoms with Crippen molar-refractivity contribution in [3.63, 3.8) is 0 Å². The van der Waals surface area contributed by atoms with Crippen LogP contribution in [0.2, 0.25) is 0 Å². The molecule has 1 N–H and O–H groups in total. The molecule has 0 aliphatic carbocycles. The molecule has 1 rings (SSSR count). The maximum absolute atomic E-state index is 10.5. The summed E-state index contributed by atoms with van der Waals surface area (Å²) in [6.45, 7) is 0. The molecule has 0 aliphatic heterocycles. The van der Waals surface area contributed by atoms with Crippen LogP contribution >= 0.6 is 12.6 Å². The zero-order valence-electron chi connectivity index (χ0n) is 7.40. The molecular weight excluding hydrogens is 198 g/mol. The Balaban J connectivity index is 2.75. The number of aromatic carboxylic acids is 1. The van der Waals surface area contributed by atoms with Crippen LogP contribution in [0.15, 0.2) is 18.3 Å². The van der Waals surface area contributed by atoms with Crippen LogP contribution in [0, 0.1) is 11.8 Å². The molecule has 0 aliphatic rings. The average Bonchev–Trinajstić information content (AvgIpc) is 2.19. The van der Waals surface area contributed by atoms with E-state index in [1.165, 1.54) is 12.3 Å². The molecule has 0 saturated heterocycles. The molecule has 1 aromatic rings. The van der Waals surface area contributed by atoms with Gasteiger partial charge < -0.3 is 5.11 Å². The van der Waals surface area contributed by atoms with Crippen molar-refractivity contribution in [1.29, 1.82) is 0 Å². The number of nitrogens with zero attached hydrogens (tertiary/aromatic N) is 1. The van der Waals surface area contributed by atoms with Crippen LogP contribution in [0.1, 0.15) is 22.5 Å². The van der Waals surface area contributed by atoms with Crippen molar-refractivity contribution in [3.8, 4) is 11.8 Å². The van der Waals surface area contributed by atoms with Crippen molar-refractivity contribution in [1.82, 2.24) is 4.98 Å². The predicted molar refractivity (Wildman–Crippen MR) is 56.5 cm³/mol.